The maximum Gasteiger partial charge on any atom is 0.290 e. The Morgan fingerprint density at radius 1 is 1.47 bits per heavy atom. The number of hydrogen-bond donors (Lipinski definition) is 2. The fourth-order valence-electron chi connectivity index (χ4n) is 1.25. The van der Waals surface area contributed by atoms with Gasteiger partial charge in [0.1, 0.15) is 5.69 Å². The Morgan fingerprint density at radius 2 is 2.26 bits per heavy atom. The molecule has 0 saturated heterocycles. The molecule has 0 aliphatic heterocycles. The first kappa shape index (κ1) is 14.0. The second kappa shape index (κ2) is 6.18. The highest BCUT2D eigenvalue weighted by Gasteiger charge is 2.10. The van der Waals surface area contributed by atoms with E-state index in [0.29, 0.717) is 25.8 Å². The van der Waals surface area contributed by atoms with Crippen LogP contribution in [0.4, 0.5) is 0 Å². The van der Waals surface area contributed by atoms with Crippen LogP contribution in [0.5, 0.6) is 0 Å². The minimum Gasteiger partial charge on any atom is -0.272 e. The van der Waals surface area contributed by atoms with E-state index in [2.05, 4.69) is 36.7 Å². The van der Waals surface area contributed by atoms with Gasteiger partial charge < -0.3 is 0 Å². The number of rotatable bonds is 3. The summed E-state index contributed by atoms with van der Waals surface area (Å²) in [6.45, 7) is 0. The van der Waals surface area contributed by atoms with Crippen LogP contribution in [-0.2, 0) is 0 Å². The number of carbonyl (C=O) groups excluding carboxylic acids is 1. The number of nitrogens with zero attached hydrogens (tertiary/aromatic N) is 2. The molecule has 1 amide bonds. The van der Waals surface area contributed by atoms with Crippen molar-refractivity contribution in [2.45, 2.75) is 0 Å². The van der Waals surface area contributed by atoms with E-state index in [1.54, 1.807) is 18.2 Å². The van der Waals surface area contributed by atoms with Crippen molar-refractivity contribution >= 4 is 51.3 Å². The van der Waals surface area contributed by atoms with Gasteiger partial charge in [-0.05, 0) is 28.1 Å². The first-order valence-corrected chi connectivity index (χ1v) is 6.60. The van der Waals surface area contributed by atoms with Crippen LogP contribution in [-0.4, -0.2) is 22.3 Å². The Labute approximate surface area is 127 Å². The van der Waals surface area contributed by atoms with Gasteiger partial charge in [0.15, 0.2) is 0 Å². The molecule has 0 aliphatic rings. The summed E-state index contributed by atoms with van der Waals surface area (Å²) in [5.74, 6) is -0.411. The number of halogens is 3. The van der Waals surface area contributed by atoms with Gasteiger partial charge in [-0.3, -0.25) is 9.89 Å². The molecule has 1 aromatic carbocycles. The zero-order valence-corrected chi connectivity index (χ0v) is 12.4. The highest BCUT2D eigenvalue weighted by Crippen LogP contribution is 2.19. The van der Waals surface area contributed by atoms with E-state index >= 15 is 0 Å². The molecule has 1 aromatic heterocycles. The van der Waals surface area contributed by atoms with Crippen LogP contribution in [0.3, 0.4) is 0 Å². The van der Waals surface area contributed by atoms with Crippen molar-refractivity contribution in [3.05, 3.63) is 50.2 Å². The van der Waals surface area contributed by atoms with Gasteiger partial charge in [0, 0.05) is 10.6 Å². The third-order valence-electron chi connectivity index (χ3n) is 2.15. The summed E-state index contributed by atoms with van der Waals surface area (Å²) < 4.78 is 0.560. The maximum absolute atomic E-state index is 11.7. The standard InChI is InChI=1S/C11H7BrCl2N4O/c12-8-5-16-17-10(8)11(19)18-15-4-6-1-2-7(13)3-9(6)14/h1-5H,(H,16,17)(H,18,19). The molecule has 8 heteroatoms. The Bertz CT molecular complexity index is 641. The van der Waals surface area contributed by atoms with Crippen molar-refractivity contribution in [3.8, 4) is 0 Å². The van der Waals surface area contributed by atoms with Crippen molar-refractivity contribution in [1.82, 2.24) is 15.6 Å². The summed E-state index contributed by atoms with van der Waals surface area (Å²) in [5, 5.41) is 11.1. The molecule has 5 nitrogen and oxygen atoms in total. The van der Waals surface area contributed by atoms with Crippen LogP contribution < -0.4 is 5.43 Å². The van der Waals surface area contributed by atoms with Gasteiger partial charge in [0.25, 0.3) is 5.91 Å². The number of hydrazone groups is 1. The number of benzene rings is 1. The lowest BCUT2D eigenvalue weighted by Gasteiger charge is -1.99. The number of carbonyl (C=O) groups is 1. The van der Waals surface area contributed by atoms with Crippen LogP contribution in [0, 0.1) is 0 Å². The molecule has 2 aromatic rings. The predicted octanol–water partition coefficient (Wildman–Crippen LogP) is 3.24. The molecule has 2 N–H and O–H groups in total. The normalized spacial score (nSPS) is 10.9. The van der Waals surface area contributed by atoms with Crippen LogP contribution in [0.15, 0.2) is 34.0 Å². The van der Waals surface area contributed by atoms with Crippen molar-refractivity contribution in [3.63, 3.8) is 0 Å². The van der Waals surface area contributed by atoms with E-state index < -0.39 is 5.91 Å². The van der Waals surface area contributed by atoms with Gasteiger partial charge in [0.05, 0.1) is 21.9 Å². The van der Waals surface area contributed by atoms with Gasteiger partial charge in [-0.25, -0.2) is 5.43 Å². The average Bonchev–Trinajstić information content (AvgIpc) is 2.78. The Balaban J connectivity index is 2.04. The number of aromatic nitrogens is 2. The minimum absolute atomic E-state index is 0.291. The molecule has 19 heavy (non-hydrogen) atoms. The molecule has 0 saturated carbocycles. The number of H-pyrrole nitrogens is 1. The average molecular weight is 362 g/mol. The summed E-state index contributed by atoms with van der Waals surface area (Å²) in [5.41, 5.74) is 3.29. The second-order valence-corrected chi connectivity index (χ2v) is 5.16. The number of nitrogens with one attached hydrogen (secondary N) is 2. The predicted molar refractivity (Wildman–Crippen MR) is 77.8 cm³/mol. The van der Waals surface area contributed by atoms with Crippen LogP contribution >= 0.6 is 39.1 Å². The molecule has 98 valence electrons. The first-order chi connectivity index (χ1) is 9.08. The number of hydrogen-bond acceptors (Lipinski definition) is 3. The summed E-state index contributed by atoms with van der Waals surface area (Å²) in [7, 11) is 0. The molecule has 0 fully saturated rings. The number of aromatic amines is 1. The molecule has 0 aliphatic carbocycles. The van der Waals surface area contributed by atoms with E-state index in [4.69, 9.17) is 23.2 Å². The van der Waals surface area contributed by atoms with Gasteiger partial charge in [-0.15, -0.1) is 0 Å². The lowest BCUT2D eigenvalue weighted by atomic mass is 10.2. The van der Waals surface area contributed by atoms with Gasteiger partial charge in [0.2, 0.25) is 0 Å². The zero-order chi connectivity index (χ0) is 13.8. The minimum atomic E-state index is -0.411. The molecule has 1 heterocycles. The van der Waals surface area contributed by atoms with Crippen molar-refractivity contribution in [2.75, 3.05) is 0 Å². The monoisotopic (exact) mass is 360 g/mol. The summed E-state index contributed by atoms with van der Waals surface area (Å²) in [4.78, 5) is 11.7. The fourth-order valence-corrected chi connectivity index (χ4v) is 2.08. The molecular weight excluding hydrogens is 355 g/mol. The quantitative estimate of drug-likeness (QED) is 0.650. The Kier molecular flexibility index (Phi) is 4.57. The third-order valence-corrected chi connectivity index (χ3v) is 3.32. The lowest BCUT2D eigenvalue weighted by Crippen LogP contribution is -2.18. The number of amides is 1. The maximum atomic E-state index is 11.7. The smallest absolute Gasteiger partial charge is 0.272 e. The van der Waals surface area contributed by atoms with E-state index in [1.165, 1.54) is 12.4 Å². The van der Waals surface area contributed by atoms with Crippen molar-refractivity contribution < 1.29 is 4.79 Å². The second-order valence-electron chi connectivity index (χ2n) is 3.46. The van der Waals surface area contributed by atoms with Gasteiger partial charge in [-0.2, -0.15) is 10.2 Å². The van der Waals surface area contributed by atoms with E-state index in [9.17, 15) is 4.79 Å². The molecule has 2 rings (SSSR count). The summed E-state index contributed by atoms with van der Waals surface area (Å²) in [6, 6.07) is 4.98. The van der Waals surface area contributed by atoms with Crippen molar-refractivity contribution in [2.24, 2.45) is 5.10 Å². The molecule has 0 spiro atoms. The molecule has 0 unspecified atom stereocenters. The largest absolute Gasteiger partial charge is 0.290 e. The highest BCUT2D eigenvalue weighted by atomic mass is 79.9. The third kappa shape index (κ3) is 3.56. The zero-order valence-electron chi connectivity index (χ0n) is 9.32. The van der Waals surface area contributed by atoms with Gasteiger partial charge in [-0.1, -0.05) is 29.3 Å². The van der Waals surface area contributed by atoms with E-state index in [1.807, 2.05) is 0 Å². The van der Waals surface area contributed by atoms with Crippen LogP contribution in [0.2, 0.25) is 10.0 Å². The topological polar surface area (TPSA) is 70.1 Å². The Morgan fingerprint density at radius 3 is 2.89 bits per heavy atom. The van der Waals surface area contributed by atoms with Crippen LogP contribution in [0.1, 0.15) is 16.1 Å². The molecule has 0 bridgehead atoms. The SMILES string of the molecule is O=C(NN=Cc1ccc(Cl)cc1Cl)c1[nH]ncc1Br. The fraction of sp³-hybridized carbons (Fsp3) is 0. The van der Waals surface area contributed by atoms with E-state index in [-0.39, 0.29) is 0 Å². The summed E-state index contributed by atoms with van der Waals surface area (Å²) >= 11 is 14.9. The van der Waals surface area contributed by atoms with Gasteiger partial charge >= 0.3 is 0 Å². The molecule has 0 atom stereocenters. The summed E-state index contributed by atoms with van der Waals surface area (Å²) in [6.07, 6.45) is 2.91. The highest BCUT2D eigenvalue weighted by molar-refractivity contribution is 9.10. The first-order valence-electron chi connectivity index (χ1n) is 5.05. The van der Waals surface area contributed by atoms with Crippen molar-refractivity contribution in [1.29, 1.82) is 0 Å². The molecule has 0 radical (unpaired) electrons. The van der Waals surface area contributed by atoms with E-state index in [0.717, 1.165) is 0 Å². The Hall–Kier alpha value is -1.37. The van der Waals surface area contributed by atoms with Crippen LogP contribution in [0.25, 0.3) is 0 Å². The lowest BCUT2D eigenvalue weighted by molar-refractivity contribution is 0.0949. The molecular formula is C11H7BrCl2N4O.